The van der Waals surface area contributed by atoms with Crippen molar-refractivity contribution in [2.75, 3.05) is 25.5 Å². The minimum absolute atomic E-state index is 0.119. The highest BCUT2D eigenvalue weighted by atomic mass is 16.6. The Morgan fingerprint density at radius 1 is 1.03 bits per heavy atom. The molecule has 9 nitrogen and oxygen atoms in total. The molecule has 3 amide bonds. The number of benzene rings is 2. The molecule has 168 valence electrons. The van der Waals surface area contributed by atoms with Crippen LogP contribution in [0.15, 0.2) is 54.6 Å². The number of hydrogen-bond acceptors (Lipinski definition) is 6. The standard InChI is InChI=1S/C23H25N3O6/c1-31-20(27)14-24-21(28)17-10-5-6-11-18(17)25-22(29)19-12-7-13-26(19)23(30)32-15-16-8-3-2-4-9-16/h2-6,8-11,19H,7,12-15H2,1H3,(H,24,28)(H,25,29)/t19-/m0/s1. The third kappa shape index (κ3) is 5.84. The molecule has 1 atom stereocenters. The molecule has 0 saturated carbocycles. The number of ether oxygens (including phenoxy) is 2. The van der Waals surface area contributed by atoms with Crippen LogP contribution in [0.4, 0.5) is 10.5 Å². The number of nitrogens with zero attached hydrogens (tertiary/aromatic N) is 1. The van der Waals surface area contributed by atoms with Crippen molar-refractivity contribution in [3.8, 4) is 0 Å². The topological polar surface area (TPSA) is 114 Å². The number of amides is 3. The maximum Gasteiger partial charge on any atom is 0.410 e. The van der Waals surface area contributed by atoms with Gasteiger partial charge < -0.3 is 20.1 Å². The average molecular weight is 439 g/mol. The van der Waals surface area contributed by atoms with Crippen molar-refractivity contribution in [3.63, 3.8) is 0 Å². The molecule has 0 aliphatic carbocycles. The first kappa shape index (κ1) is 22.8. The summed E-state index contributed by atoms with van der Waals surface area (Å²) in [7, 11) is 1.22. The van der Waals surface area contributed by atoms with E-state index in [4.69, 9.17) is 4.74 Å². The van der Waals surface area contributed by atoms with Crippen molar-refractivity contribution >= 4 is 29.6 Å². The van der Waals surface area contributed by atoms with Crippen LogP contribution in [0.1, 0.15) is 28.8 Å². The highest BCUT2D eigenvalue weighted by Crippen LogP contribution is 2.22. The molecular weight excluding hydrogens is 414 g/mol. The molecule has 1 aliphatic rings. The summed E-state index contributed by atoms with van der Waals surface area (Å²) in [5.41, 5.74) is 1.33. The highest BCUT2D eigenvalue weighted by molar-refractivity contribution is 6.05. The van der Waals surface area contributed by atoms with E-state index in [9.17, 15) is 19.2 Å². The molecule has 9 heteroatoms. The predicted octanol–water partition coefficient (Wildman–Crippen LogP) is 2.33. The number of methoxy groups -OCH3 is 1. The first-order valence-corrected chi connectivity index (χ1v) is 10.2. The van der Waals surface area contributed by atoms with Gasteiger partial charge in [-0.1, -0.05) is 42.5 Å². The second kappa shape index (κ2) is 10.9. The van der Waals surface area contributed by atoms with Gasteiger partial charge in [0, 0.05) is 6.54 Å². The summed E-state index contributed by atoms with van der Waals surface area (Å²) in [5, 5.41) is 5.17. The molecule has 0 spiro atoms. The van der Waals surface area contributed by atoms with Crippen molar-refractivity contribution in [3.05, 3.63) is 65.7 Å². The summed E-state index contributed by atoms with van der Waals surface area (Å²) in [6.45, 7) is 0.238. The van der Waals surface area contributed by atoms with Gasteiger partial charge in [0.2, 0.25) is 5.91 Å². The zero-order chi connectivity index (χ0) is 22.9. The van der Waals surface area contributed by atoms with Crippen molar-refractivity contribution in [1.82, 2.24) is 10.2 Å². The Kier molecular flexibility index (Phi) is 7.80. The van der Waals surface area contributed by atoms with Crippen molar-refractivity contribution in [1.29, 1.82) is 0 Å². The zero-order valence-corrected chi connectivity index (χ0v) is 17.7. The van der Waals surface area contributed by atoms with Crippen LogP contribution in [-0.4, -0.2) is 55.0 Å². The lowest BCUT2D eigenvalue weighted by Crippen LogP contribution is -2.43. The van der Waals surface area contributed by atoms with Crippen LogP contribution >= 0.6 is 0 Å². The summed E-state index contributed by atoms with van der Waals surface area (Å²) in [6, 6.07) is 15.0. The van der Waals surface area contributed by atoms with Crippen LogP contribution in [0.3, 0.4) is 0 Å². The molecule has 2 aromatic rings. The molecule has 2 aromatic carbocycles. The number of hydrogen-bond donors (Lipinski definition) is 2. The van der Waals surface area contributed by atoms with Crippen LogP contribution < -0.4 is 10.6 Å². The largest absolute Gasteiger partial charge is 0.468 e. The van der Waals surface area contributed by atoms with Gasteiger partial charge in [-0.2, -0.15) is 0 Å². The molecule has 1 saturated heterocycles. The van der Waals surface area contributed by atoms with Gasteiger partial charge in [-0.25, -0.2) is 4.79 Å². The van der Waals surface area contributed by atoms with Crippen LogP contribution in [0, 0.1) is 0 Å². The van der Waals surface area contributed by atoms with E-state index in [0.29, 0.717) is 19.4 Å². The number of rotatable bonds is 7. The number of carbonyl (C=O) groups is 4. The van der Waals surface area contributed by atoms with E-state index in [0.717, 1.165) is 5.56 Å². The SMILES string of the molecule is COC(=O)CNC(=O)c1ccccc1NC(=O)[C@@H]1CCCN1C(=O)OCc1ccccc1. The monoisotopic (exact) mass is 439 g/mol. The second-order valence-electron chi connectivity index (χ2n) is 7.19. The fourth-order valence-corrected chi connectivity index (χ4v) is 3.39. The number of carbonyl (C=O) groups excluding carboxylic acids is 4. The summed E-state index contributed by atoms with van der Waals surface area (Å²) in [5.74, 6) is -1.53. The molecule has 0 bridgehead atoms. The maximum atomic E-state index is 12.9. The van der Waals surface area contributed by atoms with E-state index in [-0.39, 0.29) is 24.4 Å². The van der Waals surface area contributed by atoms with Crippen LogP contribution in [0.25, 0.3) is 0 Å². The summed E-state index contributed by atoms with van der Waals surface area (Å²) < 4.78 is 9.88. The van der Waals surface area contributed by atoms with Gasteiger partial charge in [-0.05, 0) is 30.5 Å². The van der Waals surface area contributed by atoms with Crippen molar-refractivity contribution in [2.45, 2.75) is 25.5 Å². The van der Waals surface area contributed by atoms with E-state index in [1.807, 2.05) is 30.3 Å². The van der Waals surface area contributed by atoms with Gasteiger partial charge in [-0.3, -0.25) is 19.3 Å². The molecule has 2 N–H and O–H groups in total. The number of para-hydroxylation sites is 1. The first-order valence-electron chi connectivity index (χ1n) is 10.2. The number of nitrogens with one attached hydrogen (secondary N) is 2. The van der Waals surface area contributed by atoms with Crippen molar-refractivity contribution in [2.24, 2.45) is 0 Å². The molecule has 0 unspecified atom stereocenters. The average Bonchev–Trinajstić information content (AvgIpc) is 3.32. The van der Waals surface area contributed by atoms with E-state index < -0.39 is 29.9 Å². The van der Waals surface area contributed by atoms with Crippen LogP contribution in [-0.2, 0) is 25.7 Å². The maximum absolute atomic E-state index is 12.9. The lowest BCUT2D eigenvalue weighted by atomic mass is 10.1. The number of anilines is 1. The Bertz CT molecular complexity index is 979. The molecule has 1 heterocycles. The summed E-state index contributed by atoms with van der Waals surface area (Å²) >= 11 is 0. The summed E-state index contributed by atoms with van der Waals surface area (Å²) in [4.78, 5) is 50.6. The molecule has 3 rings (SSSR count). The van der Waals surface area contributed by atoms with Crippen LogP contribution in [0.5, 0.6) is 0 Å². The lowest BCUT2D eigenvalue weighted by molar-refractivity contribution is -0.139. The molecule has 1 aliphatic heterocycles. The Balaban J connectivity index is 1.63. The van der Waals surface area contributed by atoms with Gasteiger partial charge in [0.1, 0.15) is 19.2 Å². The third-order valence-electron chi connectivity index (χ3n) is 5.05. The minimum Gasteiger partial charge on any atom is -0.468 e. The number of likely N-dealkylation sites (tertiary alicyclic amines) is 1. The Labute approximate surface area is 185 Å². The molecule has 0 radical (unpaired) electrons. The van der Waals surface area contributed by atoms with Gasteiger partial charge in [0.15, 0.2) is 0 Å². The lowest BCUT2D eigenvalue weighted by Gasteiger charge is -2.23. The normalized spacial score (nSPS) is 15.0. The molecular formula is C23H25N3O6. The highest BCUT2D eigenvalue weighted by Gasteiger charge is 2.35. The van der Waals surface area contributed by atoms with Crippen molar-refractivity contribution < 1.29 is 28.7 Å². The predicted molar refractivity (Wildman–Crippen MR) is 116 cm³/mol. The Morgan fingerprint density at radius 3 is 2.50 bits per heavy atom. The van der Waals surface area contributed by atoms with E-state index in [2.05, 4.69) is 15.4 Å². The third-order valence-corrected chi connectivity index (χ3v) is 5.05. The van der Waals surface area contributed by atoms with Gasteiger partial charge >= 0.3 is 12.1 Å². The van der Waals surface area contributed by atoms with Crippen LogP contribution in [0.2, 0.25) is 0 Å². The van der Waals surface area contributed by atoms with E-state index in [1.54, 1.807) is 18.2 Å². The van der Waals surface area contributed by atoms with Gasteiger partial charge in [0.05, 0.1) is 18.4 Å². The minimum atomic E-state index is -0.704. The van der Waals surface area contributed by atoms with Gasteiger partial charge in [0.25, 0.3) is 5.91 Å². The summed E-state index contributed by atoms with van der Waals surface area (Å²) in [6.07, 6.45) is 0.596. The van der Waals surface area contributed by atoms with E-state index >= 15 is 0 Å². The quantitative estimate of drug-likeness (QED) is 0.640. The first-order chi connectivity index (χ1) is 15.5. The smallest absolute Gasteiger partial charge is 0.410 e. The van der Waals surface area contributed by atoms with Gasteiger partial charge in [-0.15, -0.1) is 0 Å². The molecule has 32 heavy (non-hydrogen) atoms. The van der Waals surface area contributed by atoms with E-state index in [1.165, 1.54) is 18.1 Å². The number of esters is 1. The molecule has 0 aromatic heterocycles. The Morgan fingerprint density at radius 2 is 1.75 bits per heavy atom. The molecule has 1 fully saturated rings. The Hall–Kier alpha value is -3.88. The zero-order valence-electron chi connectivity index (χ0n) is 17.7. The fraction of sp³-hybridized carbons (Fsp3) is 0.304. The second-order valence-corrected chi connectivity index (χ2v) is 7.19. The fourth-order valence-electron chi connectivity index (χ4n) is 3.39.